The minimum absolute atomic E-state index is 0.124. The fourth-order valence-electron chi connectivity index (χ4n) is 8.90. The minimum atomic E-state index is -0.710. The zero-order valence-corrected chi connectivity index (χ0v) is 34.7. The van der Waals surface area contributed by atoms with Gasteiger partial charge in [-0.3, -0.25) is 9.59 Å². The number of amides is 4. The lowest BCUT2D eigenvalue weighted by atomic mass is 9.94. The van der Waals surface area contributed by atoms with Crippen LogP contribution in [-0.4, -0.2) is 103 Å². The van der Waals surface area contributed by atoms with Crippen LogP contribution in [0.5, 0.6) is 0 Å². The molecule has 2 saturated heterocycles. The number of aromatic nitrogens is 6. The molecule has 2 aliphatic rings. The Morgan fingerprint density at radius 3 is 1.42 bits per heavy atom. The van der Waals surface area contributed by atoms with Crippen molar-refractivity contribution in [3.05, 3.63) is 72.8 Å². The molecule has 4 atom stereocenters. The highest BCUT2D eigenvalue weighted by molar-refractivity contribution is 6.10. The van der Waals surface area contributed by atoms with E-state index in [0.29, 0.717) is 24.7 Å². The molecule has 4 aromatic heterocycles. The fourth-order valence-corrected chi connectivity index (χ4v) is 8.90. The number of methoxy groups -OCH3 is 2. The van der Waals surface area contributed by atoms with Crippen molar-refractivity contribution in [2.75, 3.05) is 27.3 Å². The van der Waals surface area contributed by atoms with Crippen molar-refractivity contribution >= 4 is 45.8 Å². The largest absolute Gasteiger partial charge is 0.453 e. The van der Waals surface area contributed by atoms with E-state index >= 15 is 0 Å². The summed E-state index contributed by atoms with van der Waals surface area (Å²) in [5, 5.41) is 7.51. The number of aromatic amines is 4. The minimum Gasteiger partial charge on any atom is -0.453 e. The predicted molar refractivity (Wildman–Crippen MR) is 226 cm³/mol. The third-order valence-corrected chi connectivity index (χ3v) is 12.0. The smallest absolute Gasteiger partial charge is 0.407 e. The Bertz CT molecular complexity index is 2370. The van der Waals surface area contributed by atoms with Crippen LogP contribution < -0.4 is 10.6 Å². The number of hydrogen-bond donors (Lipinski definition) is 6. The van der Waals surface area contributed by atoms with Crippen molar-refractivity contribution in [2.45, 2.75) is 77.5 Å². The number of carbonyl (C=O) groups is 4. The molecule has 16 nitrogen and oxygen atoms in total. The second-order valence-corrected chi connectivity index (χ2v) is 16.3. The summed E-state index contributed by atoms with van der Waals surface area (Å²) < 4.78 is 9.58. The summed E-state index contributed by atoms with van der Waals surface area (Å²) in [6, 6.07) is 10.7. The van der Waals surface area contributed by atoms with Gasteiger partial charge in [0.05, 0.1) is 61.1 Å². The van der Waals surface area contributed by atoms with Gasteiger partial charge in [-0.05, 0) is 60.8 Å². The molecule has 0 aliphatic carbocycles. The van der Waals surface area contributed by atoms with Gasteiger partial charge in [0.15, 0.2) is 0 Å². The lowest BCUT2D eigenvalue weighted by molar-refractivity contribution is -0.136. The molecule has 2 fully saturated rings. The van der Waals surface area contributed by atoms with Crippen LogP contribution in [0.1, 0.15) is 77.1 Å². The van der Waals surface area contributed by atoms with E-state index in [-0.39, 0.29) is 35.7 Å². The van der Waals surface area contributed by atoms with Gasteiger partial charge in [0.1, 0.15) is 23.7 Å². The Morgan fingerprint density at radius 1 is 0.633 bits per heavy atom. The zero-order chi connectivity index (χ0) is 42.2. The molecular formula is C44H52N10O6. The van der Waals surface area contributed by atoms with E-state index in [1.807, 2.05) is 62.3 Å². The number of nitrogens with one attached hydrogen (secondary N) is 6. The third kappa shape index (κ3) is 7.34. The number of benzene rings is 2. The molecule has 6 N–H and O–H groups in total. The van der Waals surface area contributed by atoms with Crippen LogP contribution in [0.25, 0.3) is 55.4 Å². The first-order chi connectivity index (χ1) is 29.0. The van der Waals surface area contributed by atoms with Gasteiger partial charge < -0.3 is 49.8 Å². The molecule has 2 aliphatic heterocycles. The molecule has 2 aromatic carbocycles. The summed E-state index contributed by atoms with van der Waals surface area (Å²) in [6.07, 6.45) is 9.42. The van der Waals surface area contributed by atoms with Crippen molar-refractivity contribution in [1.29, 1.82) is 0 Å². The van der Waals surface area contributed by atoms with Gasteiger partial charge in [-0.25, -0.2) is 19.6 Å². The van der Waals surface area contributed by atoms with E-state index in [9.17, 15) is 19.2 Å². The topological polar surface area (TPSA) is 206 Å². The van der Waals surface area contributed by atoms with E-state index in [4.69, 9.17) is 19.4 Å². The number of hydrogen-bond acceptors (Lipinski definition) is 8. The van der Waals surface area contributed by atoms with Crippen molar-refractivity contribution in [3.8, 4) is 33.6 Å². The van der Waals surface area contributed by atoms with Crippen LogP contribution in [0.3, 0.4) is 0 Å². The summed E-state index contributed by atoms with van der Waals surface area (Å²) in [6.45, 7) is 8.76. The molecule has 4 amide bonds. The quantitative estimate of drug-likeness (QED) is 0.0788. The van der Waals surface area contributed by atoms with Crippen molar-refractivity contribution in [1.82, 2.24) is 50.3 Å². The number of H-pyrrole nitrogens is 4. The lowest BCUT2D eigenvalue weighted by Gasteiger charge is -2.30. The number of imidazole rings is 2. The lowest BCUT2D eigenvalue weighted by Crippen LogP contribution is -2.51. The molecule has 0 saturated carbocycles. The SMILES string of the molecule is COC(=O)NC(C(=O)N1CCCC1c1ncc(-c2ccc(-c3ccc(-c4cnc(C5CCCN5C(=O)C(NC(=O)OC)C(C)C)[nH]4)c4[nH]ccc34)c3cc[nH]c23)[nH]1)C(C)C. The van der Waals surface area contributed by atoms with Crippen molar-refractivity contribution in [3.63, 3.8) is 0 Å². The first kappa shape index (κ1) is 40.2. The summed E-state index contributed by atoms with van der Waals surface area (Å²) in [4.78, 5) is 78.7. The number of nitrogens with zero attached hydrogens (tertiary/aromatic N) is 4. The molecule has 8 rings (SSSR count). The van der Waals surface area contributed by atoms with Crippen LogP contribution >= 0.6 is 0 Å². The summed E-state index contributed by atoms with van der Waals surface area (Å²) >= 11 is 0. The van der Waals surface area contributed by atoms with E-state index in [1.165, 1.54) is 14.2 Å². The van der Waals surface area contributed by atoms with E-state index in [1.54, 1.807) is 0 Å². The molecule has 0 bridgehead atoms. The molecule has 60 heavy (non-hydrogen) atoms. The number of rotatable bonds is 11. The van der Waals surface area contributed by atoms with Gasteiger partial charge in [-0.1, -0.05) is 52.0 Å². The van der Waals surface area contributed by atoms with Crippen LogP contribution in [0.4, 0.5) is 9.59 Å². The van der Waals surface area contributed by atoms with Crippen LogP contribution in [-0.2, 0) is 19.1 Å². The average molecular weight is 817 g/mol. The van der Waals surface area contributed by atoms with E-state index in [2.05, 4.69) is 67.0 Å². The third-order valence-electron chi connectivity index (χ3n) is 12.0. The molecular weight excluding hydrogens is 765 g/mol. The van der Waals surface area contributed by atoms with Gasteiger partial charge in [-0.15, -0.1) is 0 Å². The summed E-state index contributed by atoms with van der Waals surface area (Å²) in [5.41, 5.74) is 7.58. The molecule has 16 heteroatoms. The van der Waals surface area contributed by atoms with Crippen molar-refractivity contribution in [2.24, 2.45) is 11.8 Å². The Morgan fingerprint density at radius 2 is 1.03 bits per heavy atom. The molecule has 0 spiro atoms. The number of carbonyl (C=O) groups excluding carboxylic acids is 4. The first-order valence-electron chi connectivity index (χ1n) is 20.6. The Labute approximate surface area is 347 Å². The molecule has 6 aromatic rings. The summed E-state index contributed by atoms with van der Waals surface area (Å²) in [7, 11) is 2.58. The maximum atomic E-state index is 13.7. The van der Waals surface area contributed by atoms with Gasteiger partial charge in [0, 0.05) is 47.4 Å². The number of likely N-dealkylation sites (tertiary alicyclic amines) is 2. The standard InChI is InChI=1S/C44H52N10O6/c1-23(2)35(51-43(57)59-5)41(55)53-19-7-9-33(53)39-47-21-31(49-39)29-13-11-25(27-15-17-45-37(27)29)26-12-14-30(38-28(26)16-18-46-38)32-22-48-40(50-32)34-10-8-20-54(34)42(56)36(24(3)4)52-44(58)60-6/h11-18,21-24,33-36,45-46H,7-10,19-20H2,1-6H3,(H,47,49)(H,48,50)(H,51,57)(H,52,58). The van der Waals surface area contributed by atoms with Gasteiger partial charge >= 0.3 is 12.2 Å². The highest BCUT2D eigenvalue weighted by Crippen LogP contribution is 2.41. The predicted octanol–water partition coefficient (Wildman–Crippen LogP) is 7.18. The van der Waals surface area contributed by atoms with Crippen molar-refractivity contribution < 1.29 is 28.7 Å². The normalized spacial score (nSPS) is 17.8. The highest BCUT2D eigenvalue weighted by Gasteiger charge is 2.39. The molecule has 4 unspecified atom stereocenters. The van der Waals surface area contributed by atoms with E-state index < -0.39 is 24.3 Å². The Balaban J connectivity index is 1.05. The Hall–Kier alpha value is -6.58. The number of alkyl carbamates (subject to hydrolysis) is 2. The first-order valence-corrected chi connectivity index (χ1v) is 20.6. The highest BCUT2D eigenvalue weighted by atomic mass is 16.5. The maximum absolute atomic E-state index is 13.7. The fraction of sp³-hybridized carbons (Fsp3) is 0.409. The maximum Gasteiger partial charge on any atom is 0.407 e. The molecule has 0 radical (unpaired) electrons. The summed E-state index contributed by atoms with van der Waals surface area (Å²) in [5.74, 6) is 0.854. The second-order valence-electron chi connectivity index (χ2n) is 16.3. The zero-order valence-electron chi connectivity index (χ0n) is 34.7. The van der Waals surface area contributed by atoms with Crippen LogP contribution in [0.2, 0.25) is 0 Å². The molecule has 314 valence electrons. The average Bonchev–Trinajstić information content (AvgIpc) is 4.10. The monoisotopic (exact) mass is 816 g/mol. The van der Waals surface area contributed by atoms with Gasteiger partial charge in [-0.2, -0.15) is 0 Å². The number of fused-ring (bicyclic) bond motifs is 2. The molecule has 6 heterocycles. The van der Waals surface area contributed by atoms with Crippen LogP contribution in [0, 0.1) is 11.8 Å². The number of ether oxygens (including phenoxy) is 2. The van der Waals surface area contributed by atoms with Gasteiger partial charge in [0.2, 0.25) is 11.8 Å². The second kappa shape index (κ2) is 16.6. The Kier molecular flexibility index (Phi) is 11.1. The van der Waals surface area contributed by atoms with E-state index in [0.717, 1.165) is 81.1 Å². The van der Waals surface area contributed by atoms with Crippen LogP contribution in [0.15, 0.2) is 61.2 Å². The van der Waals surface area contributed by atoms with Gasteiger partial charge in [0.25, 0.3) is 0 Å².